The number of aryl methyl sites for hydroxylation is 1. The van der Waals surface area contributed by atoms with Gasteiger partial charge in [0.25, 0.3) is 5.91 Å². The van der Waals surface area contributed by atoms with Gasteiger partial charge in [-0.1, -0.05) is 6.92 Å². The maximum Gasteiger partial charge on any atom is 0.276 e. The zero-order valence-corrected chi connectivity index (χ0v) is 29.9. The molecule has 1 saturated heterocycles. The Balaban J connectivity index is 1.12. The van der Waals surface area contributed by atoms with Gasteiger partial charge in [0.1, 0.15) is 18.6 Å². The number of hydrogen-bond donors (Lipinski definition) is 2. The maximum absolute atomic E-state index is 14.6. The van der Waals surface area contributed by atoms with Crippen LogP contribution in [0.5, 0.6) is 11.6 Å². The number of ether oxygens (including phenoxy) is 1. The molecule has 4 aliphatic rings. The Morgan fingerprint density at radius 1 is 1.06 bits per heavy atom. The second-order valence-electron chi connectivity index (χ2n) is 14.9. The third-order valence-corrected chi connectivity index (χ3v) is 11.8. The van der Waals surface area contributed by atoms with E-state index in [1.54, 1.807) is 34.7 Å². The second kappa shape index (κ2) is 13.0. The van der Waals surface area contributed by atoms with Crippen LogP contribution in [0.3, 0.4) is 0 Å². The van der Waals surface area contributed by atoms with Gasteiger partial charge < -0.3 is 29.5 Å². The fourth-order valence-corrected chi connectivity index (χ4v) is 8.79. The zero-order valence-electron chi connectivity index (χ0n) is 29.9. The van der Waals surface area contributed by atoms with Gasteiger partial charge in [-0.2, -0.15) is 0 Å². The quantitative estimate of drug-likeness (QED) is 0.272. The average molecular weight is 733 g/mol. The van der Waals surface area contributed by atoms with Crippen molar-refractivity contribution in [3.05, 3.63) is 52.0 Å². The summed E-state index contributed by atoms with van der Waals surface area (Å²) in [5.41, 5.74) is 1.66. The molecular weight excluding hydrogens is 690 g/mol. The largest absolute Gasteiger partial charge is 0.504 e. The van der Waals surface area contributed by atoms with E-state index >= 15 is 0 Å². The average Bonchev–Trinajstić information content (AvgIpc) is 3.57. The lowest BCUT2D eigenvalue weighted by molar-refractivity contribution is -0.127. The van der Waals surface area contributed by atoms with Crippen LogP contribution in [-0.4, -0.2) is 101 Å². The Morgan fingerprint density at radius 2 is 1.81 bits per heavy atom. The van der Waals surface area contributed by atoms with Crippen LogP contribution < -0.4 is 20.4 Å². The van der Waals surface area contributed by atoms with Crippen LogP contribution in [0, 0.1) is 12.3 Å². The third-order valence-electron chi connectivity index (χ3n) is 11.8. The van der Waals surface area contributed by atoms with Gasteiger partial charge in [0.15, 0.2) is 22.6 Å². The number of hydrogen-bond acceptors (Lipinski definition) is 11. The first-order valence-corrected chi connectivity index (χ1v) is 18.2. The third kappa shape index (κ3) is 6.02. The molecule has 5 heterocycles. The van der Waals surface area contributed by atoms with Crippen LogP contribution >= 0.6 is 0 Å². The number of nitrogens with zero attached hydrogens (tertiary/aromatic N) is 9. The van der Waals surface area contributed by atoms with Gasteiger partial charge in [-0.3, -0.25) is 14.4 Å². The lowest BCUT2D eigenvalue weighted by atomic mass is 9.58. The van der Waals surface area contributed by atoms with Gasteiger partial charge in [0.05, 0.1) is 24.5 Å². The van der Waals surface area contributed by atoms with Crippen LogP contribution in [-0.2, 0) is 17.8 Å². The van der Waals surface area contributed by atoms with E-state index in [9.17, 15) is 28.3 Å². The summed E-state index contributed by atoms with van der Waals surface area (Å²) in [6, 6.07) is 2.79. The minimum absolute atomic E-state index is 0.0520. The molecular formula is C36H42F2N10O5. The van der Waals surface area contributed by atoms with Crippen molar-refractivity contribution in [2.75, 3.05) is 25.1 Å². The number of anilines is 1. The smallest absolute Gasteiger partial charge is 0.276 e. The topological polar surface area (TPSA) is 173 Å². The van der Waals surface area contributed by atoms with E-state index in [1.165, 1.54) is 18.2 Å². The van der Waals surface area contributed by atoms with E-state index in [0.29, 0.717) is 73.7 Å². The molecule has 0 aromatic carbocycles. The minimum atomic E-state index is -2.61. The van der Waals surface area contributed by atoms with Crippen LogP contribution in [0.15, 0.2) is 29.5 Å². The summed E-state index contributed by atoms with van der Waals surface area (Å²) >= 11 is 0. The number of fused-ring (bicyclic) bond motifs is 2. The van der Waals surface area contributed by atoms with Gasteiger partial charge in [-0.05, 0) is 63.4 Å². The Kier molecular flexibility index (Phi) is 8.56. The summed E-state index contributed by atoms with van der Waals surface area (Å²) < 4.78 is 34.7. The number of amides is 2. The standard InChI is InChI=1S/C36H42F2N10O5/c1-4-23-30(45-13-14-46(25-6-5-24(25)45)34(52)29-31(50)20(2)40-19-41-29)32(51)28-33(44-48(43-28)22-7-12-39-27(15-22)53-3)47(23)18-26(49)42-21-16-35(17-21)8-10-36(37,38)11-9-35/h7,12,15,19,21,24-25,50H,4-6,8-11,13-14,16-18H2,1-3H3,(H,42,49)/t24-,25-/m0/s1. The summed E-state index contributed by atoms with van der Waals surface area (Å²) in [6.07, 6.45) is 6.65. The lowest BCUT2D eigenvalue weighted by Gasteiger charge is -2.54. The van der Waals surface area contributed by atoms with Gasteiger partial charge in [0, 0.05) is 56.0 Å². The van der Waals surface area contributed by atoms with Crippen molar-refractivity contribution in [2.24, 2.45) is 5.41 Å². The number of aromatic nitrogens is 7. The summed E-state index contributed by atoms with van der Waals surface area (Å²) in [6.45, 7) is 4.00. The Bertz CT molecular complexity index is 2150. The Morgan fingerprint density at radius 3 is 2.51 bits per heavy atom. The van der Waals surface area contributed by atoms with Gasteiger partial charge in [-0.25, -0.2) is 23.7 Å². The highest BCUT2D eigenvalue weighted by molar-refractivity contribution is 5.95. The highest BCUT2D eigenvalue weighted by Crippen LogP contribution is 2.54. The minimum Gasteiger partial charge on any atom is -0.504 e. The maximum atomic E-state index is 14.6. The first-order valence-electron chi connectivity index (χ1n) is 18.2. The fraction of sp³-hybridized carbons (Fsp3) is 0.556. The van der Waals surface area contributed by atoms with E-state index in [0.717, 1.165) is 6.42 Å². The number of halogens is 2. The summed E-state index contributed by atoms with van der Waals surface area (Å²) in [5, 5.41) is 23.0. The molecule has 2 atom stereocenters. The molecule has 53 heavy (non-hydrogen) atoms. The number of alkyl halides is 2. The van der Waals surface area contributed by atoms with Crippen LogP contribution in [0.2, 0.25) is 0 Å². The second-order valence-corrected chi connectivity index (χ2v) is 14.9. The molecule has 4 aromatic rings. The normalized spacial score (nSPS) is 21.9. The lowest BCUT2D eigenvalue weighted by Crippen LogP contribution is -2.67. The number of pyridine rings is 2. The SMILES string of the molecule is CCc1c(N2CCN(C(=O)c3ncnc(C)c3O)[C@H]3CC[C@@H]32)c(=O)c2nn(-c3ccnc(OC)c3)nc2n1CC(=O)NC1CC2(CCC(F)(F)CC2)C1. The predicted octanol–water partition coefficient (Wildman–Crippen LogP) is 3.32. The molecule has 15 nitrogen and oxygen atoms in total. The number of nitrogens with one attached hydrogen (secondary N) is 1. The first-order chi connectivity index (χ1) is 25.4. The molecule has 4 fully saturated rings. The van der Waals surface area contributed by atoms with E-state index < -0.39 is 11.8 Å². The highest BCUT2D eigenvalue weighted by Gasteiger charge is 2.51. The fourth-order valence-electron chi connectivity index (χ4n) is 8.79. The van der Waals surface area contributed by atoms with Gasteiger partial charge in [0.2, 0.25) is 23.1 Å². The number of methoxy groups -OCH3 is 1. The van der Waals surface area contributed by atoms with Gasteiger partial charge >= 0.3 is 0 Å². The van der Waals surface area contributed by atoms with Crippen LogP contribution in [0.1, 0.15) is 80.2 Å². The number of rotatable bonds is 8. The molecule has 280 valence electrons. The van der Waals surface area contributed by atoms with Crippen molar-refractivity contribution in [1.29, 1.82) is 0 Å². The summed E-state index contributed by atoms with van der Waals surface area (Å²) in [5.74, 6) is -3.18. The van der Waals surface area contributed by atoms with Crippen molar-refractivity contribution in [3.8, 4) is 17.3 Å². The summed E-state index contributed by atoms with van der Waals surface area (Å²) in [7, 11) is 1.49. The molecule has 17 heteroatoms. The van der Waals surface area contributed by atoms with Crippen molar-refractivity contribution in [3.63, 3.8) is 0 Å². The predicted molar refractivity (Wildman–Crippen MR) is 187 cm³/mol. The highest BCUT2D eigenvalue weighted by atomic mass is 19.3. The van der Waals surface area contributed by atoms with Crippen molar-refractivity contribution in [1.82, 2.24) is 44.7 Å². The molecule has 0 unspecified atom stereocenters. The van der Waals surface area contributed by atoms with E-state index in [-0.39, 0.29) is 83.4 Å². The molecule has 3 aliphatic carbocycles. The van der Waals surface area contributed by atoms with Crippen molar-refractivity contribution in [2.45, 2.75) is 102 Å². The van der Waals surface area contributed by atoms with E-state index in [2.05, 4.69) is 25.4 Å². The molecule has 1 aliphatic heterocycles. The molecule has 2 N–H and O–H groups in total. The molecule has 1 spiro atoms. The monoisotopic (exact) mass is 732 g/mol. The molecule has 0 bridgehead atoms. The first kappa shape index (κ1) is 34.8. The molecule has 3 saturated carbocycles. The van der Waals surface area contributed by atoms with Gasteiger partial charge in [-0.15, -0.1) is 15.0 Å². The molecule has 0 radical (unpaired) electrons. The summed E-state index contributed by atoms with van der Waals surface area (Å²) in [4.78, 5) is 59.3. The van der Waals surface area contributed by atoms with E-state index in [4.69, 9.17) is 9.84 Å². The van der Waals surface area contributed by atoms with Crippen LogP contribution in [0.4, 0.5) is 14.5 Å². The van der Waals surface area contributed by atoms with Crippen LogP contribution in [0.25, 0.3) is 16.9 Å². The molecule has 2 amide bonds. The zero-order chi connectivity index (χ0) is 37.2. The number of carbonyl (C=O) groups excluding carboxylic acids is 2. The Labute approximate surface area is 303 Å². The molecule has 8 rings (SSSR count). The number of aromatic hydroxyl groups is 1. The number of piperazine rings is 1. The number of carbonyl (C=O) groups is 2. The van der Waals surface area contributed by atoms with E-state index in [1.807, 2.05) is 11.8 Å². The Hall–Kier alpha value is -5.22. The molecule has 4 aromatic heterocycles. The van der Waals surface area contributed by atoms with Crippen molar-refractivity contribution < 1.29 is 28.2 Å². The van der Waals surface area contributed by atoms with Crippen molar-refractivity contribution >= 4 is 28.7 Å².